The molecule has 2 aliphatic heterocycles. The van der Waals surface area contributed by atoms with E-state index in [1.165, 1.54) is 19.3 Å². The first-order chi connectivity index (χ1) is 9.72. The van der Waals surface area contributed by atoms with E-state index >= 15 is 0 Å². The first-order valence-electron chi connectivity index (χ1n) is 8.25. The summed E-state index contributed by atoms with van der Waals surface area (Å²) < 4.78 is 0. The monoisotopic (exact) mass is 284 g/mol. The van der Waals surface area contributed by atoms with Crippen molar-refractivity contribution in [1.82, 2.24) is 10.6 Å². The van der Waals surface area contributed by atoms with Crippen LogP contribution in [0.4, 0.5) is 0 Å². The number of aliphatic imine (C=N–C) groups is 2. The molecule has 0 aliphatic carbocycles. The van der Waals surface area contributed by atoms with Gasteiger partial charge in [-0.2, -0.15) is 0 Å². The van der Waals surface area contributed by atoms with Gasteiger partial charge < -0.3 is 10.6 Å². The molecular formula is C16H36N4. The second-order valence-electron chi connectivity index (χ2n) is 4.25. The van der Waals surface area contributed by atoms with Gasteiger partial charge in [-0.05, 0) is 33.1 Å². The van der Waals surface area contributed by atoms with Gasteiger partial charge in [0.2, 0.25) is 0 Å². The molecule has 1 atom stereocenters. The Balaban J connectivity index is 0. The van der Waals surface area contributed by atoms with E-state index in [0.717, 1.165) is 31.3 Å². The van der Waals surface area contributed by atoms with E-state index in [9.17, 15) is 0 Å². The summed E-state index contributed by atoms with van der Waals surface area (Å²) in [6.45, 7) is 17.4. The van der Waals surface area contributed by atoms with Crippen molar-refractivity contribution in [2.24, 2.45) is 9.98 Å². The van der Waals surface area contributed by atoms with Crippen LogP contribution in [0.3, 0.4) is 0 Å². The highest BCUT2D eigenvalue weighted by Crippen LogP contribution is 2.02. The van der Waals surface area contributed by atoms with E-state index < -0.39 is 0 Å². The van der Waals surface area contributed by atoms with Gasteiger partial charge in [0.1, 0.15) is 0 Å². The highest BCUT2D eigenvalue weighted by atomic mass is 15.0. The third-order valence-corrected chi connectivity index (χ3v) is 2.80. The number of nitrogens with zero attached hydrogens (tertiary/aromatic N) is 2. The molecule has 0 saturated heterocycles. The Kier molecular flexibility index (Phi) is 17.0. The second kappa shape index (κ2) is 16.0. The molecule has 0 bridgehead atoms. The fourth-order valence-electron chi connectivity index (χ4n) is 1.76. The van der Waals surface area contributed by atoms with Gasteiger partial charge in [0.25, 0.3) is 0 Å². The molecule has 0 aromatic rings. The van der Waals surface area contributed by atoms with Gasteiger partial charge in [-0.1, -0.05) is 34.6 Å². The molecular weight excluding hydrogens is 248 g/mol. The summed E-state index contributed by atoms with van der Waals surface area (Å²) in [4.78, 5) is 8.37. The molecule has 2 N–H and O–H groups in total. The van der Waals surface area contributed by atoms with Crippen LogP contribution >= 0.6 is 0 Å². The maximum absolute atomic E-state index is 4.23. The van der Waals surface area contributed by atoms with Gasteiger partial charge >= 0.3 is 0 Å². The average Bonchev–Trinajstić information content (AvgIpc) is 2.52. The largest absolute Gasteiger partial charge is 0.374 e. The Morgan fingerprint density at radius 2 is 1.60 bits per heavy atom. The Hall–Kier alpha value is -1.06. The van der Waals surface area contributed by atoms with E-state index in [1.807, 2.05) is 41.5 Å². The Morgan fingerprint density at radius 3 is 1.90 bits per heavy atom. The highest BCUT2D eigenvalue weighted by Gasteiger charge is 2.08. The van der Waals surface area contributed by atoms with Crippen LogP contribution in [0.2, 0.25) is 0 Å². The lowest BCUT2D eigenvalue weighted by Gasteiger charge is -2.21. The van der Waals surface area contributed by atoms with E-state index in [2.05, 4.69) is 27.5 Å². The number of amidine groups is 2. The van der Waals surface area contributed by atoms with Gasteiger partial charge in [-0.15, -0.1) is 0 Å². The van der Waals surface area contributed by atoms with Crippen LogP contribution in [0.1, 0.15) is 67.7 Å². The van der Waals surface area contributed by atoms with Crippen LogP contribution < -0.4 is 10.6 Å². The summed E-state index contributed by atoms with van der Waals surface area (Å²) in [6, 6.07) is 0.683. The maximum Gasteiger partial charge on any atom is 0.0933 e. The minimum atomic E-state index is 0.683. The molecule has 2 rings (SSSR count). The average molecular weight is 284 g/mol. The van der Waals surface area contributed by atoms with Crippen molar-refractivity contribution in [3.63, 3.8) is 0 Å². The van der Waals surface area contributed by atoms with Crippen LogP contribution in [-0.4, -0.2) is 37.3 Å². The van der Waals surface area contributed by atoms with Gasteiger partial charge in [-0.3, -0.25) is 9.98 Å². The van der Waals surface area contributed by atoms with Gasteiger partial charge in [0, 0.05) is 25.7 Å². The minimum Gasteiger partial charge on any atom is -0.374 e. The molecule has 0 aromatic heterocycles. The molecule has 2 heterocycles. The summed E-state index contributed by atoms with van der Waals surface area (Å²) in [6.07, 6.45) is 3.61. The van der Waals surface area contributed by atoms with Crippen molar-refractivity contribution in [2.75, 3.05) is 19.6 Å². The SMILES string of the molecule is CC.CC.CC1=NCCCN1.CCC1CCN=C(C)N1. The molecule has 0 radical (unpaired) electrons. The minimum absolute atomic E-state index is 0.683. The molecule has 0 aromatic carbocycles. The van der Waals surface area contributed by atoms with Crippen molar-refractivity contribution in [3.05, 3.63) is 0 Å². The molecule has 120 valence electrons. The lowest BCUT2D eigenvalue weighted by Crippen LogP contribution is -2.36. The van der Waals surface area contributed by atoms with Crippen molar-refractivity contribution < 1.29 is 0 Å². The zero-order valence-electron chi connectivity index (χ0n) is 14.7. The number of hydrogen-bond acceptors (Lipinski definition) is 4. The summed E-state index contributed by atoms with van der Waals surface area (Å²) in [7, 11) is 0. The normalized spacial score (nSPS) is 19.9. The third kappa shape index (κ3) is 12.0. The molecule has 0 saturated carbocycles. The van der Waals surface area contributed by atoms with E-state index in [1.54, 1.807) is 0 Å². The Morgan fingerprint density at radius 1 is 1.00 bits per heavy atom. The molecule has 4 heteroatoms. The Labute approximate surface area is 126 Å². The first-order valence-corrected chi connectivity index (χ1v) is 8.25. The summed E-state index contributed by atoms with van der Waals surface area (Å²) in [5, 5.41) is 6.45. The molecule has 2 aliphatic rings. The number of hydrogen-bond donors (Lipinski definition) is 2. The molecule has 0 spiro atoms. The Bertz CT molecular complexity index is 259. The highest BCUT2D eigenvalue weighted by molar-refractivity contribution is 5.80. The fraction of sp³-hybridized carbons (Fsp3) is 0.875. The smallest absolute Gasteiger partial charge is 0.0933 e. The summed E-state index contributed by atoms with van der Waals surface area (Å²) >= 11 is 0. The topological polar surface area (TPSA) is 48.8 Å². The second-order valence-corrected chi connectivity index (χ2v) is 4.25. The van der Waals surface area contributed by atoms with Crippen LogP contribution in [0, 0.1) is 0 Å². The maximum atomic E-state index is 4.23. The van der Waals surface area contributed by atoms with Crippen molar-refractivity contribution in [2.45, 2.75) is 73.8 Å². The molecule has 1 unspecified atom stereocenters. The summed E-state index contributed by atoms with van der Waals surface area (Å²) in [5.41, 5.74) is 0. The van der Waals surface area contributed by atoms with Crippen molar-refractivity contribution in [3.8, 4) is 0 Å². The van der Waals surface area contributed by atoms with Gasteiger partial charge in [-0.25, -0.2) is 0 Å². The molecule has 4 nitrogen and oxygen atoms in total. The predicted molar refractivity (Wildman–Crippen MR) is 93.1 cm³/mol. The van der Waals surface area contributed by atoms with E-state index in [-0.39, 0.29) is 0 Å². The van der Waals surface area contributed by atoms with Crippen LogP contribution in [-0.2, 0) is 0 Å². The number of nitrogens with one attached hydrogen (secondary N) is 2. The van der Waals surface area contributed by atoms with Gasteiger partial charge in [0.05, 0.1) is 11.7 Å². The standard InChI is InChI=1S/C7H14N2.C5H10N2.2C2H6/c1-3-7-4-5-8-6(2)9-7;1-5-6-3-2-4-7-5;2*1-2/h7H,3-5H2,1-2H3,(H,8,9);2-4H2,1H3,(H,6,7);2*1-2H3. The molecule has 0 amide bonds. The lowest BCUT2D eigenvalue weighted by atomic mass is 10.1. The van der Waals surface area contributed by atoms with Crippen LogP contribution in [0.15, 0.2) is 9.98 Å². The molecule has 0 fully saturated rings. The zero-order chi connectivity index (χ0) is 15.8. The number of rotatable bonds is 1. The van der Waals surface area contributed by atoms with Crippen LogP contribution in [0.25, 0.3) is 0 Å². The predicted octanol–water partition coefficient (Wildman–Crippen LogP) is 3.63. The van der Waals surface area contributed by atoms with Crippen molar-refractivity contribution in [1.29, 1.82) is 0 Å². The molecule has 20 heavy (non-hydrogen) atoms. The summed E-state index contributed by atoms with van der Waals surface area (Å²) in [5.74, 6) is 2.19. The zero-order valence-corrected chi connectivity index (χ0v) is 14.7. The first kappa shape index (κ1) is 21.2. The third-order valence-electron chi connectivity index (χ3n) is 2.80. The van der Waals surface area contributed by atoms with Gasteiger partial charge in [0.15, 0.2) is 0 Å². The van der Waals surface area contributed by atoms with Crippen LogP contribution in [0.5, 0.6) is 0 Å². The quantitative estimate of drug-likeness (QED) is 0.772. The van der Waals surface area contributed by atoms with Crippen molar-refractivity contribution >= 4 is 11.7 Å². The van der Waals surface area contributed by atoms with E-state index in [4.69, 9.17) is 0 Å². The lowest BCUT2D eigenvalue weighted by molar-refractivity contribution is 0.528. The fourth-order valence-corrected chi connectivity index (χ4v) is 1.76. The van der Waals surface area contributed by atoms with E-state index in [0.29, 0.717) is 6.04 Å².